The highest BCUT2D eigenvalue weighted by atomic mass is 16.2. The molecule has 4 rings (SSSR count). The molecule has 0 unspecified atom stereocenters. The number of carbonyl (C=O) groups excluding carboxylic acids is 1. The maximum Gasteiger partial charge on any atom is 0.260 e. The second-order valence-electron chi connectivity index (χ2n) is 7.40. The Morgan fingerprint density at radius 1 is 1.19 bits per heavy atom. The van der Waals surface area contributed by atoms with Crippen molar-refractivity contribution in [3.63, 3.8) is 0 Å². The summed E-state index contributed by atoms with van der Waals surface area (Å²) in [4.78, 5) is 40.7. The molecule has 0 aliphatic carbocycles. The molecule has 0 bridgehead atoms. The predicted octanol–water partition coefficient (Wildman–Crippen LogP) is 2.09. The summed E-state index contributed by atoms with van der Waals surface area (Å²) in [5.41, 5.74) is 0.873. The minimum absolute atomic E-state index is 0.175. The number of piperidine rings is 1. The number of aromatic nitrogens is 3. The lowest BCUT2D eigenvalue weighted by Crippen LogP contribution is -2.41. The normalized spacial score (nSPS) is 20.1. The first-order valence-corrected chi connectivity index (χ1v) is 9.69. The lowest BCUT2D eigenvalue weighted by atomic mass is 9.94. The van der Waals surface area contributed by atoms with Crippen molar-refractivity contribution >= 4 is 11.7 Å². The van der Waals surface area contributed by atoms with Crippen molar-refractivity contribution in [1.82, 2.24) is 19.9 Å². The number of amides is 1. The Balaban J connectivity index is 1.55. The summed E-state index contributed by atoms with van der Waals surface area (Å²) >= 11 is 0. The first-order valence-electron chi connectivity index (χ1n) is 9.69. The Bertz CT molecular complexity index is 888. The topological polar surface area (TPSA) is 82.2 Å². The molecule has 2 aliphatic rings. The number of nitrogens with zero attached hydrogens (tertiary/aromatic N) is 4. The molecule has 2 saturated heterocycles. The molecule has 1 N–H and O–H groups in total. The van der Waals surface area contributed by atoms with Crippen LogP contribution in [0.4, 0.5) is 5.82 Å². The van der Waals surface area contributed by atoms with Crippen molar-refractivity contribution in [2.75, 3.05) is 31.1 Å². The number of rotatable bonds is 3. The third kappa shape index (κ3) is 3.72. The minimum Gasteiger partial charge on any atom is -0.357 e. The molecule has 0 spiro atoms. The largest absolute Gasteiger partial charge is 0.357 e. The number of hydrogen-bond donors (Lipinski definition) is 1. The third-order valence-electron chi connectivity index (χ3n) is 5.45. The van der Waals surface area contributed by atoms with Crippen LogP contribution in [0.25, 0.3) is 0 Å². The fourth-order valence-corrected chi connectivity index (χ4v) is 4.06. The van der Waals surface area contributed by atoms with Crippen molar-refractivity contribution in [3.8, 4) is 0 Å². The minimum atomic E-state index is -0.334. The maximum absolute atomic E-state index is 12.8. The van der Waals surface area contributed by atoms with E-state index in [9.17, 15) is 9.59 Å². The van der Waals surface area contributed by atoms with Crippen LogP contribution in [0.5, 0.6) is 0 Å². The molecule has 142 valence electrons. The molecule has 4 heterocycles. The fraction of sp³-hybridized carbons (Fsp3) is 0.500. The van der Waals surface area contributed by atoms with E-state index < -0.39 is 0 Å². The molecule has 1 atom stereocenters. The number of pyridine rings is 1. The Hall–Kier alpha value is -2.70. The van der Waals surface area contributed by atoms with Gasteiger partial charge in [-0.15, -0.1) is 0 Å². The zero-order valence-electron chi connectivity index (χ0n) is 15.6. The van der Waals surface area contributed by atoms with Gasteiger partial charge in [-0.1, -0.05) is 0 Å². The van der Waals surface area contributed by atoms with E-state index in [1.165, 1.54) is 12.8 Å². The number of aromatic amines is 1. The number of aryl methyl sites for hydroxylation is 1. The molecular weight excluding hydrogens is 342 g/mol. The smallest absolute Gasteiger partial charge is 0.260 e. The van der Waals surface area contributed by atoms with Crippen LogP contribution in [-0.4, -0.2) is 51.9 Å². The van der Waals surface area contributed by atoms with E-state index in [2.05, 4.69) is 25.9 Å². The molecule has 2 aliphatic heterocycles. The maximum atomic E-state index is 12.8. The molecule has 2 aromatic heterocycles. The Morgan fingerprint density at radius 2 is 2.00 bits per heavy atom. The van der Waals surface area contributed by atoms with E-state index in [0.29, 0.717) is 13.1 Å². The number of nitrogens with one attached hydrogen (secondary N) is 1. The molecule has 7 heteroatoms. The molecule has 0 radical (unpaired) electrons. The van der Waals surface area contributed by atoms with Gasteiger partial charge >= 0.3 is 0 Å². The van der Waals surface area contributed by atoms with Gasteiger partial charge in [0.1, 0.15) is 17.2 Å². The first kappa shape index (κ1) is 17.7. The Labute approximate surface area is 158 Å². The zero-order chi connectivity index (χ0) is 18.8. The monoisotopic (exact) mass is 367 g/mol. The van der Waals surface area contributed by atoms with Gasteiger partial charge in [-0.2, -0.15) is 0 Å². The van der Waals surface area contributed by atoms with E-state index >= 15 is 0 Å². The van der Waals surface area contributed by atoms with Gasteiger partial charge in [0.2, 0.25) is 0 Å². The predicted molar refractivity (Wildman–Crippen MR) is 103 cm³/mol. The molecule has 0 aromatic carbocycles. The van der Waals surface area contributed by atoms with Crippen LogP contribution in [0.1, 0.15) is 53.5 Å². The van der Waals surface area contributed by atoms with Crippen molar-refractivity contribution in [2.45, 2.75) is 38.5 Å². The summed E-state index contributed by atoms with van der Waals surface area (Å²) < 4.78 is 0. The van der Waals surface area contributed by atoms with E-state index in [1.807, 2.05) is 6.92 Å². The molecule has 7 nitrogen and oxygen atoms in total. The highest BCUT2D eigenvalue weighted by Gasteiger charge is 2.28. The van der Waals surface area contributed by atoms with Crippen molar-refractivity contribution in [2.24, 2.45) is 0 Å². The van der Waals surface area contributed by atoms with Crippen LogP contribution in [0.2, 0.25) is 0 Å². The fourth-order valence-electron chi connectivity index (χ4n) is 4.06. The lowest BCUT2D eigenvalue weighted by molar-refractivity contribution is 0.0704. The van der Waals surface area contributed by atoms with Gasteiger partial charge in [0.25, 0.3) is 11.5 Å². The Morgan fingerprint density at radius 3 is 2.78 bits per heavy atom. The van der Waals surface area contributed by atoms with E-state index in [-0.39, 0.29) is 22.9 Å². The standard InChI is InChI=1S/C20H25N5O2/c1-14-22-17(12-18(23-14)24-9-2-3-10-24)15-6-5-11-25(13-15)20(27)16-7-4-8-21-19(16)26/h4,7-8,12,15H,2-3,5-6,9-11,13H2,1H3,(H,21,26)/t15-/m1/s1. The van der Waals surface area contributed by atoms with E-state index in [1.54, 1.807) is 23.2 Å². The molecule has 2 aromatic rings. The van der Waals surface area contributed by atoms with Crippen molar-refractivity contribution in [3.05, 3.63) is 51.8 Å². The number of anilines is 1. The number of hydrogen-bond acceptors (Lipinski definition) is 5. The van der Waals surface area contributed by atoms with Crippen LogP contribution in [0.15, 0.2) is 29.2 Å². The third-order valence-corrected chi connectivity index (χ3v) is 5.45. The van der Waals surface area contributed by atoms with Gasteiger partial charge < -0.3 is 14.8 Å². The van der Waals surface area contributed by atoms with Gasteiger partial charge in [0, 0.05) is 44.4 Å². The summed E-state index contributed by atoms with van der Waals surface area (Å²) in [5, 5.41) is 0. The molecule has 1 amide bonds. The first-order chi connectivity index (χ1) is 13.1. The van der Waals surface area contributed by atoms with E-state index in [0.717, 1.165) is 43.3 Å². The van der Waals surface area contributed by atoms with Crippen LogP contribution >= 0.6 is 0 Å². The van der Waals surface area contributed by atoms with Gasteiger partial charge in [0.15, 0.2) is 0 Å². The van der Waals surface area contributed by atoms with Gasteiger partial charge in [-0.25, -0.2) is 9.97 Å². The summed E-state index contributed by atoms with van der Waals surface area (Å²) in [7, 11) is 0. The highest BCUT2D eigenvalue weighted by molar-refractivity contribution is 5.93. The van der Waals surface area contributed by atoms with Gasteiger partial charge in [-0.3, -0.25) is 9.59 Å². The Kier molecular flexibility index (Phi) is 4.92. The van der Waals surface area contributed by atoms with Crippen molar-refractivity contribution in [1.29, 1.82) is 0 Å². The van der Waals surface area contributed by atoms with Crippen molar-refractivity contribution < 1.29 is 4.79 Å². The molecule has 2 fully saturated rings. The van der Waals surface area contributed by atoms with Gasteiger partial charge in [0.05, 0.1) is 5.69 Å². The highest BCUT2D eigenvalue weighted by Crippen LogP contribution is 2.29. The zero-order valence-corrected chi connectivity index (χ0v) is 15.6. The summed E-state index contributed by atoms with van der Waals surface area (Å²) in [6.07, 6.45) is 5.85. The number of carbonyl (C=O) groups is 1. The van der Waals surface area contributed by atoms with Crippen LogP contribution in [0, 0.1) is 6.92 Å². The van der Waals surface area contributed by atoms with Crippen LogP contribution in [0.3, 0.4) is 0 Å². The molecular formula is C20H25N5O2. The second kappa shape index (κ2) is 7.50. The quantitative estimate of drug-likeness (QED) is 0.898. The molecule has 0 saturated carbocycles. The summed E-state index contributed by atoms with van der Waals surface area (Å²) in [6.45, 7) is 5.28. The average molecular weight is 367 g/mol. The second-order valence-corrected chi connectivity index (χ2v) is 7.40. The molecule has 27 heavy (non-hydrogen) atoms. The summed E-state index contributed by atoms with van der Waals surface area (Å²) in [6, 6.07) is 5.36. The lowest BCUT2D eigenvalue weighted by Gasteiger charge is -2.32. The SMILES string of the molecule is Cc1nc([C@@H]2CCCN(C(=O)c3ccc[nH]c3=O)C2)cc(N2CCCC2)n1. The number of H-pyrrole nitrogens is 1. The van der Waals surface area contributed by atoms with Crippen LogP contribution in [-0.2, 0) is 0 Å². The number of likely N-dealkylation sites (tertiary alicyclic amines) is 1. The summed E-state index contributed by atoms with van der Waals surface area (Å²) in [5.74, 6) is 1.75. The van der Waals surface area contributed by atoms with Crippen LogP contribution < -0.4 is 10.5 Å². The van der Waals surface area contributed by atoms with E-state index in [4.69, 9.17) is 0 Å². The average Bonchev–Trinajstić information content (AvgIpc) is 3.22. The van der Waals surface area contributed by atoms with Gasteiger partial charge in [-0.05, 0) is 44.7 Å².